The summed E-state index contributed by atoms with van der Waals surface area (Å²) < 4.78 is 85.8. The van der Waals surface area contributed by atoms with Gasteiger partial charge in [-0.2, -0.15) is 8.42 Å². The molecule has 0 bridgehead atoms. The Morgan fingerprint density at radius 1 is 0.548 bits per heavy atom. The lowest BCUT2D eigenvalue weighted by Gasteiger charge is -2.18. The molecule has 0 saturated carbocycles. The van der Waals surface area contributed by atoms with Crippen LogP contribution in [-0.2, 0) is 61.7 Å². The van der Waals surface area contributed by atoms with E-state index in [0.717, 1.165) is 5.56 Å². The third-order valence-corrected chi connectivity index (χ3v) is 6.88. The highest BCUT2D eigenvalue weighted by molar-refractivity contribution is 7.86. The third kappa shape index (κ3) is 19.8. The van der Waals surface area contributed by atoms with Crippen LogP contribution in [0, 0.1) is 6.92 Å². The average Bonchev–Trinajstić information content (AvgIpc) is 2.98. The zero-order valence-electron chi connectivity index (χ0n) is 24.7. The Hall–Kier alpha value is -1.27. The summed E-state index contributed by atoms with van der Waals surface area (Å²) in [5, 5.41) is 0. The molecule has 0 aliphatic carbocycles. The van der Waals surface area contributed by atoms with Gasteiger partial charge in [0, 0.05) is 0 Å². The molecule has 1 atom stereocenters. The van der Waals surface area contributed by atoms with E-state index in [0.29, 0.717) is 112 Å². The normalized spacial score (nSPS) is 22.6. The Morgan fingerprint density at radius 2 is 0.881 bits per heavy atom. The van der Waals surface area contributed by atoms with Gasteiger partial charge in [0.25, 0.3) is 10.1 Å². The molecule has 0 amide bonds. The second-order valence-electron chi connectivity index (χ2n) is 9.02. The average molecular weight is 625 g/mol. The van der Waals surface area contributed by atoms with Gasteiger partial charge in [-0.15, -0.1) is 0 Å². The highest BCUT2D eigenvalue weighted by Crippen LogP contribution is 2.14. The van der Waals surface area contributed by atoms with Crippen molar-refractivity contribution in [2.45, 2.75) is 17.9 Å². The highest BCUT2D eigenvalue weighted by atomic mass is 32.2. The molecule has 42 heavy (non-hydrogen) atoms. The van der Waals surface area contributed by atoms with Gasteiger partial charge in [-0.05, 0) is 19.1 Å². The smallest absolute Gasteiger partial charge is 0.297 e. The first-order chi connectivity index (χ1) is 20.6. The maximum absolute atomic E-state index is 12.6. The van der Waals surface area contributed by atoms with Crippen molar-refractivity contribution >= 4 is 10.1 Å². The van der Waals surface area contributed by atoms with Gasteiger partial charge in [0.2, 0.25) is 0 Å². The van der Waals surface area contributed by atoms with Crippen LogP contribution in [0.5, 0.6) is 0 Å². The maximum Gasteiger partial charge on any atom is 0.297 e. The van der Waals surface area contributed by atoms with E-state index < -0.39 is 16.2 Å². The quantitative estimate of drug-likeness (QED) is 0.445. The van der Waals surface area contributed by atoms with Crippen LogP contribution in [0.4, 0.5) is 0 Å². The fourth-order valence-corrected chi connectivity index (χ4v) is 4.27. The van der Waals surface area contributed by atoms with E-state index >= 15 is 0 Å². The number of hydrogen-bond donors (Lipinski definition) is 0. The summed E-state index contributed by atoms with van der Waals surface area (Å²) in [4.78, 5) is 0.0835. The molecule has 13 nitrogen and oxygen atoms in total. The second kappa shape index (κ2) is 25.1. The number of rotatable bonds is 4. The van der Waals surface area contributed by atoms with E-state index in [1.165, 1.54) is 12.1 Å². The Morgan fingerprint density at radius 3 is 1.26 bits per heavy atom. The first-order valence-electron chi connectivity index (χ1n) is 14.4. The largest absolute Gasteiger partial charge is 0.377 e. The monoisotopic (exact) mass is 624 g/mol. The molecular formula is C28H48O13S. The van der Waals surface area contributed by atoms with E-state index in [2.05, 4.69) is 0 Å². The minimum absolute atomic E-state index is 0.0835. The predicted molar refractivity (Wildman–Crippen MR) is 151 cm³/mol. The lowest BCUT2D eigenvalue weighted by atomic mass is 10.2. The lowest BCUT2D eigenvalue weighted by molar-refractivity contribution is -0.0679. The Bertz CT molecular complexity index is 824. The minimum atomic E-state index is -3.94. The topological polar surface area (TPSA) is 136 Å². The number of benzene rings is 1. The second-order valence-corrected chi connectivity index (χ2v) is 10.6. The fraction of sp³-hybridized carbons (Fsp3) is 0.786. The van der Waals surface area contributed by atoms with Crippen molar-refractivity contribution in [3.05, 3.63) is 29.8 Å². The van der Waals surface area contributed by atoms with E-state index in [-0.39, 0.29) is 24.7 Å². The number of ether oxygens (including phenoxy) is 10. The molecule has 1 aromatic rings. The summed E-state index contributed by atoms with van der Waals surface area (Å²) in [6.07, 6.45) is -0.625. The van der Waals surface area contributed by atoms with Crippen LogP contribution in [0.3, 0.4) is 0 Å². The van der Waals surface area contributed by atoms with Crippen LogP contribution in [-0.4, -0.2) is 147 Å². The summed E-state index contributed by atoms with van der Waals surface area (Å²) in [6, 6.07) is 6.45. The molecule has 1 saturated heterocycles. The maximum atomic E-state index is 12.6. The van der Waals surface area contributed by atoms with Crippen molar-refractivity contribution in [2.24, 2.45) is 0 Å². The van der Waals surface area contributed by atoms with Crippen LogP contribution in [0.25, 0.3) is 0 Å². The molecule has 1 unspecified atom stereocenters. The van der Waals surface area contributed by atoms with Gasteiger partial charge in [-0.3, -0.25) is 4.18 Å². The van der Waals surface area contributed by atoms with Crippen LogP contribution >= 0.6 is 0 Å². The van der Waals surface area contributed by atoms with E-state index in [1.54, 1.807) is 12.1 Å². The summed E-state index contributed by atoms with van der Waals surface area (Å²) in [6.45, 7) is 9.41. The zero-order valence-corrected chi connectivity index (χ0v) is 25.6. The van der Waals surface area contributed by atoms with E-state index in [9.17, 15) is 8.42 Å². The van der Waals surface area contributed by atoms with Gasteiger partial charge in [-0.25, -0.2) is 0 Å². The molecule has 14 heteroatoms. The molecule has 0 spiro atoms. The molecular weight excluding hydrogens is 576 g/mol. The Kier molecular flexibility index (Phi) is 22.1. The molecule has 1 fully saturated rings. The lowest BCUT2D eigenvalue weighted by Crippen LogP contribution is -2.29. The Labute approximate surface area is 250 Å². The summed E-state index contributed by atoms with van der Waals surface area (Å²) in [7, 11) is -3.94. The minimum Gasteiger partial charge on any atom is -0.377 e. The third-order valence-electron chi connectivity index (χ3n) is 5.58. The van der Waals surface area contributed by atoms with E-state index in [4.69, 9.17) is 51.6 Å². The molecule has 1 aliphatic heterocycles. The first-order valence-corrected chi connectivity index (χ1v) is 15.8. The van der Waals surface area contributed by atoms with Crippen LogP contribution in [0.1, 0.15) is 5.56 Å². The predicted octanol–water partition coefficient (Wildman–Crippen LogP) is 1.25. The van der Waals surface area contributed by atoms with Crippen molar-refractivity contribution in [3.8, 4) is 0 Å². The van der Waals surface area contributed by atoms with Crippen molar-refractivity contribution < 1.29 is 60.0 Å². The summed E-state index contributed by atoms with van der Waals surface area (Å²) >= 11 is 0. The van der Waals surface area contributed by atoms with Crippen molar-refractivity contribution in [1.82, 2.24) is 0 Å². The van der Waals surface area contributed by atoms with Crippen LogP contribution in [0.15, 0.2) is 29.2 Å². The fourth-order valence-electron chi connectivity index (χ4n) is 3.33. The Balaban J connectivity index is 1.72. The van der Waals surface area contributed by atoms with Crippen molar-refractivity contribution in [2.75, 3.05) is 132 Å². The highest BCUT2D eigenvalue weighted by Gasteiger charge is 2.19. The first kappa shape index (κ1) is 36.9. The summed E-state index contributed by atoms with van der Waals surface area (Å²) in [5.41, 5.74) is 0.951. The van der Waals surface area contributed by atoms with E-state index in [1.807, 2.05) is 6.92 Å². The zero-order chi connectivity index (χ0) is 30.0. The molecule has 1 aliphatic rings. The van der Waals surface area contributed by atoms with Crippen LogP contribution < -0.4 is 0 Å². The molecule has 1 aromatic carbocycles. The summed E-state index contributed by atoms with van der Waals surface area (Å²) in [5.74, 6) is 0. The van der Waals surface area contributed by atoms with Crippen molar-refractivity contribution in [1.29, 1.82) is 0 Å². The molecule has 0 aromatic heterocycles. The molecule has 0 radical (unpaired) electrons. The van der Waals surface area contributed by atoms with Gasteiger partial charge < -0.3 is 47.4 Å². The molecule has 1 heterocycles. The molecule has 0 N–H and O–H groups in total. The SMILES string of the molecule is Cc1ccc(S(=O)(=O)OCC2COCCOCCOCCOCCOCCOCCOCCOCCOCCO2)cc1. The van der Waals surface area contributed by atoms with Gasteiger partial charge in [-0.1, -0.05) is 17.7 Å². The van der Waals surface area contributed by atoms with Crippen LogP contribution in [0.2, 0.25) is 0 Å². The number of aryl methyl sites for hydroxylation is 1. The molecule has 2 rings (SSSR count). The van der Waals surface area contributed by atoms with Gasteiger partial charge >= 0.3 is 0 Å². The van der Waals surface area contributed by atoms with Gasteiger partial charge in [0.1, 0.15) is 6.10 Å². The van der Waals surface area contributed by atoms with Gasteiger partial charge in [0.05, 0.1) is 137 Å². The number of hydrogen-bond acceptors (Lipinski definition) is 13. The molecule has 244 valence electrons. The van der Waals surface area contributed by atoms with Gasteiger partial charge in [0.15, 0.2) is 0 Å². The van der Waals surface area contributed by atoms with Crippen molar-refractivity contribution in [3.63, 3.8) is 0 Å². The standard InChI is InChI=1S/C28H48O13S/c1-26-2-4-28(5-3-26)42(29,30)41-25-27-24-39-21-20-37-17-16-35-13-12-33-9-8-31-6-7-32-10-11-34-14-15-36-18-19-38-22-23-40-27/h2-5,27H,6-25H2,1H3.